The van der Waals surface area contributed by atoms with Gasteiger partial charge in [-0.25, -0.2) is 0 Å². The summed E-state index contributed by atoms with van der Waals surface area (Å²) in [5, 5.41) is 8.90. The zero-order valence-electron chi connectivity index (χ0n) is 8.61. The summed E-state index contributed by atoms with van der Waals surface area (Å²) >= 11 is 5.71. The van der Waals surface area contributed by atoms with Gasteiger partial charge in [-0.1, -0.05) is 11.6 Å². The molecule has 86 valence electrons. The van der Waals surface area contributed by atoms with Crippen LogP contribution in [0.2, 0.25) is 5.02 Å². The molecule has 1 aromatic rings. The van der Waals surface area contributed by atoms with E-state index in [1.807, 2.05) is 0 Å². The maximum Gasteiger partial charge on any atom is 0.323 e. The van der Waals surface area contributed by atoms with Gasteiger partial charge < -0.3 is 15.7 Å². The zero-order valence-corrected chi connectivity index (χ0v) is 9.36. The van der Waals surface area contributed by atoms with Crippen molar-refractivity contribution in [2.24, 2.45) is 0 Å². The highest BCUT2D eigenvalue weighted by molar-refractivity contribution is 6.33. The van der Waals surface area contributed by atoms with Crippen LogP contribution in [0.25, 0.3) is 0 Å². The molecule has 0 aromatic heterocycles. The monoisotopic (exact) mass is 242 g/mol. The number of carboxylic acids is 1. The number of carboxylic acid groups (broad SMARTS) is 1. The third-order valence-corrected chi connectivity index (χ3v) is 2.31. The third kappa shape index (κ3) is 2.87. The highest BCUT2D eigenvalue weighted by Gasteiger charge is 2.14. The summed E-state index contributed by atoms with van der Waals surface area (Å²) in [5.41, 5.74) is 6.14. The average molecular weight is 243 g/mol. The van der Waals surface area contributed by atoms with Gasteiger partial charge in [-0.15, -0.1) is 0 Å². The number of anilines is 1. The van der Waals surface area contributed by atoms with Crippen LogP contribution in [0.3, 0.4) is 0 Å². The minimum Gasteiger partial charge on any atom is -0.480 e. The van der Waals surface area contributed by atoms with E-state index in [4.69, 9.17) is 22.4 Å². The summed E-state index contributed by atoms with van der Waals surface area (Å²) in [6, 6.07) is 4.42. The summed E-state index contributed by atoms with van der Waals surface area (Å²) in [6.07, 6.45) is 0. The van der Waals surface area contributed by atoms with E-state index in [-0.39, 0.29) is 12.2 Å². The number of aliphatic carboxylic acids is 1. The maximum absolute atomic E-state index is 11.7. The van der Waals surface area contributed by atoms with E-state index >= 15 is 0 Å². The van der Waals surface area contributed by atoms with E-state index in [0.717, 1.165) is 4.90 Å². The fraction of sp³-hybridized carbons (Fsp3) is 0.200. The second-order valence-electron chi connectivity index (χ2n) is 3.29. The maximum atomic E-state index is 11.7. The Balaban J connectivity index is 2.88. The molecule has 0 aliphatic heterocycles. The fourth-order valence-electron chi connectivity index (χ4n) is 1.17. The van der Waals surface area contributed by atoms with Crippen LogP contribution in [0.15, 0.2) is 18.2 Å². The van der Waals surface area contributed by atoms with Gasteiger partial charge in [-0.05, 0) is 18.2 Å². The molecule has 0 atom stereocenters. The fourth-order valence-corrected chi connectivity index (χ4v) is 1.29. The molecule has 0 radical (unpaired) electrons. The number of carbonyl (C=O) groups is 2. The summed E-state index contributed by atoms with van der Waals surface area (Å²) in [7, 11) is 1.40. The molecule has 1 amide bonds. The van der Waals surface area contributed by atoms with Crippen LogP contribution in [-0.4, -0.2) is 35.5 Å². The van der Waals surface area contributed by atoms with Crippen molar-refractivity contribution < 1.29 is 14.7 Å². The Hall–Kier alpha value is -1.75. The van der Waals surface area contributed by atoms with Gasteiger partial charge in [-0.3, -0.25) is 9.59 Å². The van der Waals surface area contributed by atoms with Crippen molar-refractivity contribution in [2.45, 2.75) is 0 Å². The molecule has 1 aromatic carbocycles. The summed E-state index contributed by atoms with van der Waals surface area (Å²) in [5.74, 6) is -1.48. The van der Waals surface area contributed by atoms with E-state index in [9.17, 15) is 9.59 Å². The molecular weight excluding hydrogens is 232 g/mol. The highest BCUT2D eigenvalue weighted by Crippen LogP contribution is 2.20. The second kappa shape index (κ2) is 4.85. The Kier molecular flexibility index (Phi) is 3.73. The molecule has 16 heavy (non-hydrogen) atoms. The quantitative estimate of drug-likeness (QED) is 0.777. The number of hydrogen-bond acceptors (Lipinski definition) is 3. The second-order valence-corrected chi connectivity index (χ2v) is 3.70. The molecule has 0 aliphatic carbocycles. The first-order valence-electron chi connectivity index (χ1n) is 4.44. The first-order chi connectivity index (χ1) is 7.41. The molecule has 0 heterocycles. The van der Waals surface area contributed by atoms with E-state index in [2.05, 4.69) is 0 Å². The van der Waals surface area contributed by atoms with E-state index in [1.165, 1.54) is 25.2 Å². The van der Waals surface area contributed by atoms with Gasteiger partial charge in [-0.2, -0.15) is 0 Å². The number of rotatable bonds is 3. The van der Waals surface area contributed by atoms with Crippen LogP contribution in [0.4, 0.5) is 5.69 Å². The van der Waals surface area contributed by atoms with Gasteiger partial charge in [0.25, 0.3) is 5.91 Å². The van der Waals surface area contributed by atoms with Gasteiger partial charge in [0.15, 0.2) is 0 Å². The molecular formula is C10H11ClN2O3. The van der Waals surface area contributed by atoms with Crippen molar-refractivity contribution in [3.63, 3.8) is 0 Å². The molecule has 6 heteroatoms. The molecule has 0 aliphatic rings. The SMILES string of the molecule is CN(CC(=O)O)C(=O)c1ccc(Cl)c(N)c1. The van der Waals surface area contributed by atoms with Gasteiger partial charge in [0, 0.05) is 12.6 Å². The van der Waals surface area contributed by atoms with Crippen molar-refractivity contribution in [2.75, 3.05) is 19.3 Å². The Morgan fingerprint density at radius 2 is 2.12 bits per heavy atom. The lowest BCUT2D eigenvalue weighted by molar-refractivity contribution is -0.137. The highest BCUT2D eigenvalue weighted by atomic mass is 35.5. The Bertz CT molecular complexity index is 434. The van der Waals surface area contributed by atoms with E-state index < -0.39 is 11.9 Å². The van der Waals surface area contributed by atoms with Crippen LogP contribution in [-0.2, 0) is 4.79 Å². The van der Waals surface area contributed by atoms with Crippen molar-refractivity contribution in [1.82, 2.24) is 4.90 Å². The van der Waals surface area contributed by atoms with E-state index in [0.29, 0.717) is 10.6 Å². The third-order valence-electron chi connectivity index (χ3n) is 1.96. The smallest absolute Gasteiger partial charge is 0.323 e. The van der Waals surface area contributed by atoms with Crippen LogP contribution >= 0.6 is 11.6 Å². The number of carbonyl (C=O) groups excluding carboxylic acids is 1. The van der Waals surface area contributed by atoms with Gasteiger partial charge in [0.2, 0.25) is 0 Å². The van der Waals surface area contributed by atoms with Crippen LogP contribution in [0, 0.1) is 0 Å². The van der Waals surface area contributed by atoms with Gasteiger partial charge in [0.05, 0.1) is 10.7 Å². The molecule has 0 fully saturated rings. The first-order valence-corrected chi connectivity index (χ1v) is 4.82. The number of nitrogens with two attached hydrogens (primary N) is 1. The number of nitrogen functional groups attached to an aromatic ring is 1. The Labute approximate surface area is 97.4 Å². The Morgan fingerprint density at radius 1 is 1.50 bits per heavy atom. The molecule has 0 bridgehead atoms. The molecule has 0 saturated heterocycles. The van der Waals surface area contributed by atoms with Crippen LogP contribution in [0.5, 0.6) is 0 Å². The lowest BCUT2D eigenvalue weighted by atomic mass is 10.2. The zero-order chi connectivity index (χ0) is 12.3. The van der Waals surface area contributed by atoms with Crippen molar-refractivity contribution in [3.8, 4) is 0 Å². The number of halogens is 1. The standard InChI is InChI=1S/C10H11ClN2O3/c1-13(5-9(14)15)10(16)6-2-3-7(11)8(12)4-6/h2-4H,5,12H2,1H3,(H,14,15). The normalized spacial score (nSPS) is 9.88. The molecule has 0 unspecified atom stereocenters. The number of amides is 1. The first kappa shape index (κ1) is 12.3. The summed E-state index contributed by atoms with van der Waals surface area (Å²) in [4.78, 5) is 23.2. The lowest BCUT2D eigenvalue weighted by Gasteiger charge is -2.14. The van der Waals surface area contributed by atoms with Crippen molar-refractivity contribution >= 4 is 29.2 Å². The Morgan fingerprint density at radius 3 is 2.62 bits per heavy atom. The average Bonchev–Trinajstić information content (AvgIpc) is 2.20. The molecule has 1 rings (SSSR count). The molecule has 0 spiro atoms. The predicted octanol–water partition coefficient (Wildman–Crippen LogP) is 1.08. The predicted molar refractivity (Wildman–Crippen MR) is 60.5 cm³/mol. The number of likely N-dealkylation sites (N-methyl/N-ethyl adjacent to an activating group) is 1. The molecule has 0 saturated carbocycles. The largest absolute Gasteiger partial charge is 0.480 e. The van der Waals surface area contributed by atoms with E-state index in [1.54, 1.807) is 0 Å². The van der Waals surface area contributed by atoms with Crippen LogP contribution in [0.1, 0.15) is 10.4 Å². The minimum atomic E-state index is -1.07. The summed E-state index contributed by atoms with van der Waals surface area (Å²) in [6.45, 7) is -0.360. The minimum absolute atomic E-state index is 0.288. The molecule has 3 N–H and O–H groups in total. The molecule has 5 nitrogen and oxygen atoms in total. The van der Waals surface area contributed by atoms with Crippen LogP contribution < -0.4 is 5.73 Å². The number of nitrogens with zero attached hydrogens (tertiary/aromatic N) is 1. The van der Waals surface area contributed by atoms with Crippen molar-refractivity contribution in [1.29, 1.82) is 0 Å². The number of hydrogen-bond donors (Lipinski definition) is 2. The topological polar surface area (TPSA) is 83.6 Å². The van der Waals surface area contributed by atoms with Crippen molar-refractivity contribution in [3.05, 3.63) is 28.8 Å². The van der Waals surface area contributed by atoms with Gasteiger partial charge >= 0.3 is 5.97 Å². The lowest BCUT2D eigenvalue weighted by Crippen LogP contribution is -2.31. The summed E-state index contributed by atoms with van der Waals surface area (Å²) < 4.78 is 0. The van der Waals surface area contributed by atoms with Gasteiger partial charge in [0.1, 0.15) is 6.54 Å². The number of benzene rings is 1.